The monoisotopic (exact) mass is 575 g/mol. The average molecular weight is 577 g/mol. The van der Waals surface area contributed by atoms with E-state index in [9.17, 15) is 14.7 Å². The molecule has 0 radical (unpaired) electrons. The van der Waals surface area contributed by atoms with Crippen LogP contribution in [0.15, 0.2) is 78.0 Å². The van der Waals surface area contributed by atoms with Crippen molar-refractivity contribution >= 4 is 34.9 Å². The fourth-order valence-corrected chi connectivity index (χ4v) is 4.99. The van der Waals surface area contributed by atoms with Crippen LogP contribution in [0.4, 0.5) is 5.69 Å². The molecule has 2 atom stereocenters. The maximum Gasteiger partial charge on any atom is 0.305 e. The van der Waals surface area contributed by atoms with E-state index >= 15 is 0 Å². The summed E-state index contributed by atoms with van der Waals surface area (Å²) in [5.74, 6) is -1.19. The van der Waals surface area contributed by atoms with Crippen LogP contribution in [0.2, 0.25) is 5.02 Å². The zero-order valence-corrected chi connectivity index (χ0v) is 23.0. The molecule has 7 nitrogen and oxygen atoms in total. The number of aromatic nitrogens is 1. The van der Waals surface area contributed by atoms with Gasteiger partial charge >= 0.3 is 5.97 Å². The summed E-state index contributed by atoms with van der Waals surface area (Å²) in [7, 11) is 0. The van der Waals surface area contributed by atoms with Gasteiger partial charge in [0.2, 0.25) is 0 Å². The van der Waals surface area contributed by atoms with Gasteiger partial charge in [-0.05, 0) is 62.2 Å². The van der Waals surface area contributed by atoms with Crippen molar-refractivity contribution in [2.24, 2.45) is 4.99 Å². The van der Waals surface area contributed by atoms with Crippen LogP contribution in [0.25, 0.3) is 5.32 Å². The molecule has 1 aliphatic rings. The number of benzene rings is 2. The van der Waals surface area contributed by atoms with Crippen molar-refractivity contribution in [2.45, 2.75) is 44.7 Å². The second kappa shape index (κ2) is 13.1. The van der Waals surface area contributed by atoms with Crippen molar-refractivity contribution in [3.05, 3.63) is 100 Å². The molecule has 1 N–H and O–H groups in total. The van der Waals surface area contributed by atoms with Crippen molar-refractivity contribution in [3.8, 4) is 0 Å². The summed E-state index contributed by atoms with van der Waals surface area (Å²) in [6.45, 7) is 5.62. The second-order valence-corrected chi connectivity index (χ2v) is 9.72. The molecular weight excluding hydrogens is 546 g/mol. The summed E-state index contributed by atoms with van der Waals surface area (Å²) in [5, 5.41) is 14.7. The zero-order valence-electron chi connectivity index (χ0n) is 21.3. The number of aliphatic carboxylic acids is 1. The standard InChI is InChI=1S/C29H31ClN4O3.Ni/c1-3-34-16-8-14-29(34,2)28(37)33-24-13-12-22(30)17-23(24)27(20-9-5-4-6-10-20)32-25(18-26(35)36)21-11-7-15-31-19-21;/h4-7,9-13,15,17,19,25H,3,8,14,16,18H2,1-2H3,(H2,32,33,35,36,37);/p-1/t25-,29+;/m0./s1. The number of pyridine rings is 1. The number of halogens is 1. The van der Waals surface area contributed by atoms with E-state index in [1.807, 2.05) is 44.2 Å². The van der Waals surface area contributed by atoms with Gasteiger partial charge in [0.15, 0.2) is 0 Å². The van der Waals surface area contributed by atoms with Crippen molar-refractivity contribution in [1.82, 2.24) is 9.88 Å². The Bertz CT molecular complexity index is 1290. The molecule has 1 aliphatic heterocycles. The van der Waals surface area contributed by atoms with Gasteiger partial charge in [-0.2, -0.15) is 0 Å². The summed E-state index contributed by atoms with van der Waals surface area (Å²) in [5.41, 5.74) is 2.28. The van der Waals surface area contributed by atoms with Crippen molar-refractivity contribution in [3.63, 3.8) is 0 Å². The zero-order chi connectivity index (χ0) is 26.4. The fourth-order valence-electron chi connectivity index (χ4n) is 4.82. The van der Waals surface area contributed by atoms with Crippen molar-refractivity contribution in [1.29, 1.82) is 0 Å². The van der Waals surface area contributed by atoms with E-state index < -0.39 is 17.6 Å². The van der Waals surface area contributed by atoms with Gasteiger partial charge in [0, 0.05) is 39.5 Å². The molecule has 1 saturated heterocycles. The maximum atomic E-state index is 13.5. The predicted octanol–water partition coefficient (Wildman–Crippen LogP) is 6.19. The van der Waals surface area contributed by atoms with E-state index in [-0.39, 0.29) is 28.8 Å². The summed E-state index contributed by atoms with van der Waals surface area (Å²) in [6, 6.07) is 17.4. The van der Waals surface area contributed by atoms with Crippen LogP contribution < -0.4 is 0 Å². The summed E-state index contributed by atoms with van der Waals surface area (Å²) in [4.78, 5) is 36.5. The summed E-state index contributed by atoms with van der Waals surface area (Å²) >= 11 is 6.43. The Labute approximate surface area is 238 Å². The second-order valence-electron chi connectivity index (χ2n) is 9.28. The van der Waals surface area contributed by atoms with E-state index in [0.717, 1.165) is 31.5 Å². The first-order valence-corrected chi connectivity index (χ1v) is 12.8. The van der Waals surface area contributed by atoms with Crippen LogP contribution in [0.3, 0.4) is 0 Å². The molecular formula is C29H30ClN4NiO3-. The van der Waals surface area contributed by atoms with Gasteiger partial charge in [-0.3, -0.25) is 19.7 Å². The Morgan fingerprint density at radius 1 is 1.18 bits per heavy atom. The number of likely N-dealkylation sites (N-methyl/N-ethyl adjacent to an activating group) is 1. The number of carbonyl (C=O) groups excluding carboxylic acids is 1. The minimum atomic E-state index is -0.981. The molecule has 0 spiro atoms. The third kappa shape index (κ3) is 6.68. The van der Waals surface area contributed by atoms with E-state index in [1.165, 1.54) is 0 Å². The first kappa shape index (κ1) is 29.5. The van der Waals surface area contributed by atoms with Gasteiger partial charge in [0.05, 0.1) is 29.6 Å². The van der Waals surface area contributed by atoms with Gasteiger partial charge in [0.25, 0.3) is 0 Å². The van der Waals surface area contributed by atoms with E-state index in [0.29, 0.717) is 27.5 Å². The predicted molar refractivity (Wildman–Crippen MR) is 146 cm³/mol. The minimum Gasteiger partial charge on any atom is -0.625 e. The average Bonchev–Trinajstić information content (AvgIpc) is 3.30. The Balaban J connectivity index is 0.00000400. The van der Waals surface area contributed by atoms with Gasteiger partial charge < -0.3 is 15.2 Å². The SMILES string of the molecule is CCN1CCC[C@]1(C)C(=O)[N-]c1ccc(Cl)cc1C(=N[C@@H](CC(=O)O)c1cccnc1)c1ccccc1.[Ni]. The molecule has 1 aromatic heterocycles. The van der Waals surface area contributed by atoms with Crippen LogP contribution >= 0.6 is 11.6 Å². The number of amides is 1. The Hall–Kier alpha value is -3.06. The van der Waals surface area contributed by atoms with Crippen LogP contribution in [-0.2, 0) is 26.1 Å². The molecule has 38 heavy (non-hydrogen) atoms. The summed E-state index contributed by atoms with van der Waals surface area (Å²) in [6.07, 6.45) is 4.71. The van der Waals surface area contributed by atoms with E-state index in [4.69, 9.17) is 16.6 Å². The third-order valence-corrected chi connectivity index (χ3v) is 7.07. The first-order chi connectivity index (χ1) is 17.8. The van der Waals surface area contributed by atoms with Crippen molar-refractivity contribution in [2.75, 3.05) is 13.1 Å². The number of hydrogen-bond acceptors (Lipinski definition) is 5. The van der Waals surface area contributed by atoms with Gasteiger partial charge in [0.1, 0.15) is 0 Å². The number of hydrogen-bond donors (Lipinski definition) is 1. The largest absolute Gasteiger partial charge is 0.625 e. The van der Waals surface area contributed by atoms with Crippen LogP contribution in [-0.4, -0.2) is 51.2 Å². The molecule has 3 aromatic rings. The molecule has 0 saturated carbocycles. The third-order valence-electron chi connectivity index (χ3n) is 6.84. The van der Waals surface area contributed by atoms with E-state index in [1.54, 1.807) is 42.7 Å². The number of carboxylic acids is 1. The Morgan fingerprint density at radius 3 is 2.61 bits per heavy atom. The summed E-state index contributed by atoms with van der Waals surface area (Å²) < 4.78 is 0. The molecule has 2 heterocycles. The van der Waals surface area contributed by atoms with E-state index in [2.05, 4.69) is 15.2 Å². The van der Waals surface area contributed by atoms with Gasteiger partial charge in [-0.25, -0.2) is 0 Å². The van der Waals surface area contributed by atoms with Gasteiger partial charge in [-0.15, -0.1) is 5.69 Å². The number of carboxylic acid groups (broad SMARTS) is 1. The smallest absolute Gasteiger partial charge is 0.305 e. The Kier molecular flexibility index (Phi) is 10.2. The quantitative estimate of drug-likeness (QED) is 0.242. The van der Waals surface area contributed by atoms with Crippen LogP contribution in [0, 0.1) is 0 Å². The molecule has 1 amide bonds. The van der Waals surface area contributed by atoms with Gasteiger partial charge in [-0.1, -0.05) is 61.0 Å². The molecule has 0 bridgehead atoms. The fraction of sp³-hybridized carbons (Fsp3) is 0.310. The number of likely N-dealkylation sites (tertiary alicyclic amines) is 1. The molecule has 0 unspecified atom stereocenters. The first-order valence-electron chi connectivity index (χ1n) is 12.4. The number of carbonyl (C=O) groups is 2. The number of nitrogens with zero attached hydrogens (tertiary/aromatic N) is 4. The van der Waals surface area contributed by atoms with Crippen molar-refractivity contribution < 1.29 is 31.2 Å². The number of rotatable bonds is 9. The minimum absolute atomic E-state index is 0. The van der Waals surface area contributed by atoms with Crippen LogP contribution in [0.5, 0.6) is 0 Å². The molecule has 4 rings (SSSR count). The topological polar surface area (TPSA) is 97.0 Å². The maximum absolute atomic E-state index is 13.5. The molecule has 9 heteroatoms. The molecule has 202 valence electrons. The number of aliphatic imine (C=N–C) groups is 1. The molecule has 0 aliphatic carbocycles. The normalized spacial score (nSPS) is 18.4. The molecule has 1 fully saturated rings. The van der Waals surface area contributed by atoms with Crippen LogP contribution in [0.1, 0.15) is 55.8 Å². The molecule has 2 aromatic carbocycles. The Morgan fingerprint density at radius 2 is 1.95 bits per heavy atom.